The lowest BCUT2D eigenvalue weighted by atomic mass is 10.2. The lowest BCUT2D eigenvalue weighted by Crippen LogP contribution is -2.26. The molecule has 2 aromatic rings. The van der Waals surface area contributed by atoms with Crippen LogP contribution in [0.1, 0.15) is 41.3 Å². The molecule has 6 nitrogen and oxygen atoms in total. The zero-order valence-electron chi connectivity index (χ0n) is 12.6. The Morgan fingerprint density at radius 2 is 2.24 bits per heavy atom. The second-order valence-corrected chi connectivity index (χ2v) is 5.93. The third-order valence-corrected chi connectivity index (χ3v) is 4.62. The average Bonchev–Trinajstić information content (AvgIpc) is 2.81. The standard InChI is InChI=1S/C14H19N3O3S/c1-5-7(2)15-6-9-16-12(18)10-8(3)11(14(19)20-4)21-13(10)17-9/h7,15H,5-6H2,1-4H3,(H,16,17,18)/t7-/m0/s1. The van der Waals surface area contributed by atoms with Crippen molar-refractivity contribution >= 4 is 27.5 Å². The Morgan fingerprint density at radius 3 is 2.86 bits per heavy atom. The number of aryl methyl sites for hydroxylation is 1. The van der Waals surface area contributed by atoms with E-state index in [1.165, 1.54) is 18.4 Å². The molecule has 2 heterocycles. The summed E-state index contributed by atoms with van der Waals surface area (Å²) >= 11 is 1.19. The van der Waals surface area contributed by atoms with Gasteiger partial charge in [0.1, 0.15) is 15.5 Å². The van der Waals surface area contributed by atoms with Gasteiger partial charge >= 0.3 is 5.97 Å². The summed E-state index contributed by atoms with van der Waals surface area (Å²) in [6, 6.07) is 0.349. The predicted octanol–water partition coefficient (Wildman–Crippen LogP) is 1.97. The van der Waals surface area contributed by atoms with Crippen LogP contribution in [-0.2, 0) is 11.3 Å². The normalized spacial score (nSPS) is 12.6. The molecule has 2 aromatic heterocycles. The number of esters is 1. The molecular weight excluding hydrogens is 290 g/mol. The molecule has 0 unspecified atom stereocenters. The van der Waals surface area contributed by atoms with Crippen molar-refractivity contribution in [2.24, 2.45) is 0 Å². The van der Waals surface area contributed by atoms with Gasteiger partial charge in [0.15, 0.2) is 0 Å². The fraction of sp³-hybridized carbons (Fsp3) is 0.500. The fourth-order valence-electron chi connectivity index (χ4n) is 1.97. The zero-order chi connectivity index (χ0) is 15.6. The van der Waals surface area contributed by atoms with Crippen LogP contribution in [0.15, 0.2) is 4.79 Å². The number of rotatable bonds is 5. The van der Waals surface area contributed by atoms with Crippen LogP contribution in [0.3, 0.4) is 0 Å². The van der Waals surface area contributed by atoms with E-state index >= 15 is 0 Å². The SMILES string of the molecule is CC[C@H](C)NCc1nc2sc(C(=O)OC)c(C)c2c(=O)[nH]1. The van der Waals surface area contributed by atoms with E-state index in [9.17, 15) is 9.59 Å². The molecule has 0 aliphatic rings. The molecule has 0 bridgehead atoms. The van der Waals surface area contributed by atoms with Gasteiger partial charge in [-0.1, -0.05) is 6.92 Å². The highest BCUT2D eigenvalue weighted by Crippen LogP contribution is 2.27. The van der Waals surface area contributed by atoms with Gasteiger partial charge in [0, 0.05) is 6.04 Å². The van der Waals surface area contributed by atoms with E-state index in [4.69, 9.17) is 4.74 Å². The Kier molecular flexibility index (Phi) is 4.74. The second kappa shape index (κ2) is 6.36. The van der Waals surface area contributed by atoms with E-state index in [0.717, 1.165) is 6.42 Å². The largest absolute Gasteiger partial charge is 0.465 e. The first-order valence-electron chi connectivity index (χ1n) is 6.81. The van der Waals surface area contributed by atoms with E-state index in [1.54, 1.807) is 6.92 Å². The number of H-pyrrole nitrogens is 1. The van der Waals surface area contributed by atoms with E-state index in [0.29, 0.717) is 39.1 Å². The van der Waals surface area contributed by atoms with Crippen molar-refractivity contribution in [1.29, 1.82) is 0 Å². The highest BCUT2D eigenvalue weighted by Gasteiger charge is 2.19. The van der Waals surface area contributed by atoms with Crippen LogP contribution in [0.2, 0.25) is 0 Å². The van der Waals surface area contributed by atoms with Crippen LogP contribution in [-0.4, -0.2) is 29.1 Å². The van der Waals surface area contributed by atoms with E-state index in [2.05, 4.69) is 29.1 Å². The van der Waals surface area contributed by atoms with Gasteiger partial charge < -0.3 is 15.0 Å². The van der Waals surface area contributed by atoms with Crippen molar-refractivity contribution < 1.29 is 9.53 Å². The molecule has 21 heavy (non-hydrogen) atoms. The zero-order valence-corrected chi connectivity index (χ0v) is 13.4. The van der Waals surface area contributed by atoms with Crippen LogP contribution in [0.5, 0.6) is 0 Å². The summed E-state index contributed by atoms with van der Waals surface area (Å²) < 4.78 is 4.73. The topological polar surface area (TPSA) is 84.1 Å². The average molecular weight is 309 g/mol. The molecule has 114 valence electrons. The number of hydrogen-bond donors (Lipinski definition) is 2. The Bertz CT molecular complexity index is 720. The predicted molar refractivity (Wildman–Crippen MR) is 82.9 cm³/mol. The lowest BCUT2D eigenvalue weighted by Gasteiger charge is -2.10. The third-order valence-electron chi connectivity index (χ3n) is 3.45. The van der Waals surface area contributed by atoms with Crippen LogP contribution in [0, 0.1) is 6.92 Å². The second-order valence-electron chi connectivity index (χ2n) is 4.93. The number of ether oxygens (including phenoxy) is 1. The summed E-state index contributed by atoms with van der Waals surface area (Å²) in [6.07, 6.45) is 0.997. The Labute approximate surface area is 126 Å². The summed E-state index contributed by atoms with van der Waals surface area (Å²) in [5.41, 5.74) is 0.405. The molecule has 2 N–H and O–H groups in total. The molecule has 0 aromatic carbocycles. The molecule has 0 saturated carbocycles. The Balaban J connectivity index is 2.42. The van der Waals surface area contributed by atoms with Crippen LogP contribution < -0.4 is 10.9 Å². The maximum Gasteiger partial charge on any atom is 0.348 e. The van der Waals surface area contributed by atoms with Gasteiger partial charge in [0.25, 0.3) is 5.56 Å². The summed E-state index contributed by atoms with van der Waals surface area (Å²) in [5.74, 6) is 0.139. The number of carbonyl (C=O) groups is 1. The van der Waals surface area contributed by atoms with Crippen LogP contribution in [0.4, 0.5) is 0 Å². The van der Waals surface area contributed by atoms with Crippen molar-refractivity contribution in [2.45, 2.75) is 39.8 Å². The molecule has 0 amide bonds. The van der Waals surface area contributed by atoms with Gasteiger partial charge in [-0.2, -0.15) is 0 Å². The van der Waals surface area contributed by atoms with Gasteiger partial charge in [0.05, 0.1) is 19.0 Å². The van der Waals surface area contributed by atoms with E-state index in [1.807, 2.05) is 0 Å². The molecule has 0 aliphatic carbocycles. The van der Waals surface area contributed by atoms with Crippen LogP contribution >= 0.6 is 11.3 Å². The minimum absolute atomic E-state index is 0.218. The number of methoxy groups -OCH3 is 1. The fourth-order valence-corrected chi connectivity index (χ4v) is 3.09. The quantitative estimate of drug-likeness (QED) is 0.825. The minimum Gasteiger partial charge on any atom is -0.465 e. The maximum absolute atomic E-state index is 12.2. The first-order valence-corrected chi connectivity index (χ1v) is 7.63. The number of nitrogens with zero attached hydrogens (tertiary/aromatic N) is 1. The first kappa shape index (κ1) is 15.7. The molecule has 2 rings (SSSR count). The van der Waals surface area contributed by atoms with Gasteiger partial charge in [0.2, 0.25) is 0 Å². The number of thiophene rings is 1. The highest BCUT2D eigenvalue weighted by atomic mass is 32.1. The number of fused-ring (bicyclic) bond motifs is 1. The van der Waals surface area contributed by atoms with Gasteiger partial charge in [-0.15, -0.1) is 11.3 Å². The summed E-state index contributed by atoms with van der Waals surface area (Å²) in [5, 5.41) is 3.74. The van der Waals surface area contributed by atoms with Crippen molar-refractivity contribution in [3.63, 3.8) is 0 Å². The van der Waals surface area contributed by atoms with Gasteiger partial charge in [-0.3, -0.25) is 4.79 Å². The number of aromatic nitrogens is 2. The third kappa shape index (κ3) is 3.14. The summed E-state index contributed by atoms with van der Waals surface area (Å²) in [6.45, 7) is 6.38. The molecule has 1 atom stereocenters. The van der Waals surface area contributed by atoms with E-state index in [-0.39, 0.29) is 5.56 Å². The molecule has 0 saturated heterocycles. The summed E-state index contributed by atoms with van der Waals surface area (Å²) in [7, 11) is 1.32. The number of aromatic amines is 1. The molecule has 0 aliphatic heterocycles. The smallest absolute Gasteiger partial charge is 0.348 e. The lowest BCUT2D eigenvalue weighted by molar-refractivity contribution is 0.0605. The Hall–Kier alpha value is -1.73. The van der Waals surface area contributed by atoms with Crippen molar-refractivity contribution in [2.75, 3.05) is 7.11 Å². The van der Waals surface area contributed by atoms with Crippen molar-refractivity contribution in [1.82, 2.24) is 15.3 Å². The number of nitrogens with one attached hydrogen (secondary N) is 2. The monoisotopic (exact) mass is 309 g/mol. The first-order chi connectivity index (χ1) is 9.97. The highest BCUT2D eigenvalue weighted by molar-refractivity contribution is 7.20. The molecular formula is C14H19N3O3S. The van der Waals surface area contributed by atoms with Crippen molar-refractivity contribution in [3.05, 3.63) is 26.6 Å². The number of hydrogen-bond acceptors (Lipinski definition) is 6. The van der Waals surface area contributed by atoms with Crippen LogP contribution in [0.25, 0.3) is 10.2 Å². The molecule has 0 radical (unpaired) electrons. The Morgan fingerprint density at radius 1 is 1.52 bits per heavy atom. The number of carbonyl (C=O) groups excluding carboxylic acids is 1. The molecule has 7 heteroatoms. The summed E-state index contributed by atoms with van der Waals surface area (Å²) in [4.78, 5) is 32.1. The molecule has 0 spiro atoms. The molecule has 0 fully saturated rings. The minimum atomic E-state index is -0.436. The van der Waals surface area contributed by atoms with E-state index < -0.39 is 5.97 Å². The maximum atomic E-state index is 12.2. The van der Waals surface area contributed by atoms with Crippen molar-refractivity contribution in [3.8, 4) is 0 Å². The van der Waals surface area contributed by atoms with Gasteiger partial charge in [-0.05, 0) is 25.8 Å². The van der Waals surface area contributed by atoms with Gasteiger partial charge in [-0.25, -0.2) is 9.78 Å².